The highest BCUT2D eigenvalue weighted by Gasteiger charge is 2.60. The van der Waals surface area contributed by atoms with Gasteiger partial charge in [-0.15, -0.1) is 0 Å². The third-order valence-corrected chi connectivity index (χ3v) is 13.8. The predicted octanol–water partition coefficient (Wildman–Crippen LogP) is 6.03. The summed E-state index contributed by atoms with van der Waals surface area (Å²) in [7, 11) is 1.62. The van der Waals surface area contributed by atoms with Crippen LogP contribution in [-0.4, -0.2) is 108 Å². The molecule has 0 aromatic heterocycles. The molecule has 57 heavy (non-hydrogen) atoms. The number of methoxy groups -OCH3 is 1. The lowest BCUT2D eigenvalue weighted by atomic mass is 9.71. The molecular weight excluding hydrogens is 732 g/mol. The summed E-state index contributed by atoms with van der Waals surface area (Å²) in [6.07, 6.45) is 10.1. The highest BCUT2D eigenvalue weighted by molar-refractivity contribution is 5.78. The largest absolute Gasteiger partial charge is 0.462 e. The molecule has 7 rings (SSSR count). The Labute approximate surface area is 338 Å². The van der Waals surface area contributed by atoms with E-state index in [0.29, 0.717) is 55.1 Å². The summed E-state index contributed by atoms with van der Waals surface area (Å²) in [6, 6.07) is 0. The van der Waals surface area contributed by atoms with Crippen molar-refractivity contribution in [2.45, 2.75) is 179 Å². The van der Waals surface area contributed by atoms with Crippen LogP contribution in [0.2, 0.25) is 0 Å². The zero-order valence-corrected chi connectivity index (χ0v) is 35.1. The van der Waals surface area contributed by atoms with Crippen molar-refractivity contribution in [1.29, 1.82) is 0 Å². The van der Waals surface area contributed by atoms with Gasteiger partial charge >= 0.3 is 11.9 Å². The molecule has 2 N–H and O–H groups in total. The molecule has 2 aliphatic carbocycles. The van der Waals surface area contributed by atoms with E-state index in [2.05, 4.69) is 33.8 Å². The summed E-state index contributed by atoms with van der Waals surface area (Å²) < 4.78 is 51.3. The van der Waals surface area contributed by atoms with E-state index in [9.17, 15) is 19.8 Å². The van der Waals surface area contributed by atoms with Gasteiger partial charge in [0.25, 0.3) is 0 Å². The number of hydrogen-bond acceptors (Lipinski definition) is 12. The van der Waals surface area contributed by atoms with Crippen LogP contribution in [0.5, 0.6) is 0 Å². The van der Waals surface area contributed by atoms with Crippen molar-refractivity contribution >= 4 is 11.9 Å². The monoisotopic (exact) mass is 798 g/mol. The minimum absolute atomic E-state index is 0.000239. The molecule has 2 bridgehead atoms. The van der Waals surface area contributed by atoms with Crippen LogP contribution >= 0.6 is 0 Å². The highest BCUT2D eigenvalue weighted by atomic mass is 16.7. The number of hydrogen-bond donors (Lipinski definition) is 2. The summed E-state index contributed by atoms with van der Waals surface area (Å²) in [5, 5.41) is 23.6. The van der Waals surface area contributed by atoms with Gasteiger partial charge in [-0.2, -0.15) is 0 Å². The van der Waals surface area contributed by atoms with Crippen molar-refractivity contribution in [2.75, 3.05) is 13.7 Å². The molecule has 1 spiro atoms. The summed E-state index contributed by atoms with van der Waals surface area (Å²) in [5.41, 5.74) is 0.204. The Balaban J connectivity index is 1.21. The van der Waals surface area contributed by atoms with Crippen LogP contribution < -0.4 is 0 Å². The molecule has 5 fully saturated rings. The first-order valence-corrected chi connectivity index (χ1v) is 21.5. The van der Waals surface area contributed by atoms with E-state index in [1.165, 1.54) is 0 Å². The smallest absolute Gasteiger partial charge is 0.316 e. The fraction of sp³-hybridized carbons (Fsp3) is 0.778. The lowest BCUT2D eigenvalue weighted by molar-refractivity contribution is -0.340. The second-order valence-electron chi connectivity index (χ2n) is 18.2. The number of carbonyl (C=O) groups is 2. The molecule has 1 saturated carbocycles. The minimum atomic E-state index is -1.81. The molecule has 4 saturated heterocycles. The van der Waals surface area contributed by atoms with E-state index < -0.39 is 72.3 Å². The molecule has 5 heterocycles. The van der Waals surface area contributed by atoms with E-state index in [4.69, 9.17) is 37.9 Å². The van der Waals surface area contributed by atoms with Crippen molar-refractivity contribution in [1.82, 2.24) is 0 Å². The van der Waals surface area contributed by atoms with Gasteiger partial charge in [-0.25, -0.2) is 0 Å². The molecule has 0 radical (unpaired) electrons. The number of esters is 2. The first kappa shape index (κ1) is 42.7. The molecule has 12 nitrogen and oxygen atoms in total. The van der Waals surface area contributed by atoms with Crippen LogP contribution in [-0.2, 0) is 47.5 Å². The maximum atomic E-state index is 14.3. The van der Waals surface area contributed by atoms with E-state index in [1.807, 2.05) is 26.0 Å². The Bertz CT molecular complexity index is 1600. The Hall–Kier alpha value is -2.42. The van der Waals surface area contributed by atoms with Gasteiger partial charge in [-0.05, 0) is 75.0 Å². The van der Waals surface area contributed by atoms with Gasteiger partial charge in [-0.3, -0.25) is 9.59 Å². The second-order valence-corrected chi connectivity index (χ2v) is 18.2. The molecule has 5 aliphatic heterocycles. The van der Waals surface area contributed by atoms with Crippen molar-refractivity contribution in [3.8, 4) is 0 Å². The van der Waals surface area contributed by atoms with Crippen molar-refractivity contribution in [3.63, 3.8) is 0 Å². The SMILES string of the molecule is CCC(C)[C@H]1OC2(CC[C@@H]1C)C[C@@H]1C[C@@H](C/C=C(\C)[C@@H](OC3C[C@H](OC)[C@@H](OC(=O)C4CC4)[C@H](C)O3)[C@@H](C)/C=C/C=C3\CO[C@@H]4[C@H](O)C(C)=CC(C(=O)O1)[C@]34O)O2. The average Bonchev–Trinajstić information content (AvgIpc) is 3.98. The summed E-state index contributed by atoms with van der Waals surface area (Å²) in [5.74, 6) is -2.28. The molecule has 7 aliphatic rings. The second kappa shape index (κ2) is 17.3. The third-order valence-electron chi connectivity index (χ3n) is 13.8. The maximum absolute atomic E-state index is 14.3. The zero-order chi connectivity index (χ0) is 40.8. The number of allylic oxidation sites excluding steroid dienone is 2. The summed E-state index contributed by atoms with van der Waals surface area (Å²) >= 11 is 0. The fourth-order valence-corrected chi connectivity index (χ4v) is 9.97. The van der Waals surface area contributed by atoms with E-state index in [1.54, 1.807) is 26.2 Å². The molecule has 318 valence electrons. The van der Waals surface area contributed by atoms with E-state index >= 15 is 0 Å². The quantitative estimate of drug-likeness (QED) is 0.229. The van der Waals surface area contributed by atoms with Gasteiger partial charge in [0.1, 0.15) is 35.9 Å². The third kappa shape index (κ3) is 8.76. The molecule has 0 amide bonds. The van der Waals surface area contributed by atoms with Crippen molar-refractivity contribution in [3.05, 3.63) is 47.1 Å². The van der Waals surface area contributed by atoms with E-state index in [0.717, 1.165) is 31.3 Å². The number of aliphatic hydroxyl groups excluding tert-OH is 1. The van der Waals surface area contributed by atoms with Gasteiger partial charge < -0.3 is 48.1 Å². The standard InChI is InChI=1S/C45H66O12/c1-9-24(2)39-27(5)17-18-44(57-39)22-33-20-32(56-44)16-13-26(4)38(54-36-21-35(50-8)40(29(7)52-36)55-42(47)30-14-15-30)25(3)11-10-12-31-23-51-41-37(46)28(6)19-34(43(48)53-33)45(31,41)49/h10-13,19,24-25,27,29-30,32-41,46,49H,9,14-18,20-23H2,1-8H3/b11-10+,26-13+,31-12+/t24?,25-,27-,29-,32+,33-,34?,35-,36?,37+,38-,39+,40-,41+,44?,45+/m0/s1. The molecule has 4 unspecified atom stereocenters. The molecule has 0 aromatic rings. The highest BCUT2D eigenvalue weighted by Crippen LogP contribution is 2.48. The summed E-state index contributed by atoms with van der Waals surface area (Å²) in [6.45, 7) is 14.4. The number of fused-ring (bicyclic) bond motifs is 2. The minimum Gasteiger partial charge on any atom is -0.462 e. The van der Waals surface area contributed by atoms with Gasteiger partial charge in [0, 0.05) is 38.7 Å². The average molecular weight is 799 g/mol. The number of rotatable bonds is 7. The Kier molecular flexibility index (Phi) is 12.9. The van der Waals surface area contributed by atoms with Crippen molar-refractivity contribution < 1.29 is 57.7 Å². The van der Waals surface area contributed by atoms with Crippen LogP contribution in [0.4, 0.5) is 0 Å². The zero-order valence-electron chi connectivity index (χ0n) is 35.1. The van der Waals surface area contributed by atoms with E-state index in [-0.39, 0.29) is 36.6 Å². The Morgan fingerprint density at radius 2 is 1.84 bits per heavy atom. The van der Waals surface area contributed by atoms with Crippen LogP contribution in [0.15, 0.2) is 47.1 Å². The normalized spacial score (nSPS) is 47.0. The topological polar surface area (TPSA) is 148 Å². The molecule has 12 heteroatoms. The van der Waals surface area contributed by atoms with Crippen LogP contribution in [0.1, 0.15) is 106 Å². The van der Waals surface area contributed by atoms with Gasteiger partial charge in [0.05, 0.1) is 36.9 Å². The molecule has 16 atom stereocenters. The van der Waals surface area contributed by atoms with Gasteiger partial charge in [0.2, 0.25) is 0 Å². The molecular formula is C45H66O12. The first-order chi connectivity index (χ1) is 27.2. The van der Waals surface area contributed by atoms with Crippen molar-refractivity contribution in [2.24, 2.45) is 29.6 Å². The Morgan fingerprint density at radius 3 is 2.56 bits per heavy atom. The number of aliphatic hydroxyl groups is 2. The predicted molar refractivity (Wildman–Crippen MR) is 209 cm³/mol. The van der Waals surface area contributed by atoms with Crippen LogP contribution in [0.25, 0.3) is 0 Å². The number of carbonyl (C=O) groups excluding carboxylic acids is 2. The van der Waals surface area contributed by atoms with Gasteiger partial charge in [-0.1, -0.05) is 64.5 Å². The molecule has 0 aromatic carbocycles. The summed E-state index contributed by atoms with van der Waals surface area (Å²) in [4.78, 5) is 26.9. The fourth-order valence-electron chi connectivity index (χ4n) is 9.97. The number of ether oxygens (including phenoxy) is 8. The van der Waals surface area contributed by atoms with Gasteiger partial charge in [0.15, 0.2) is 18.2 Å². The van der Waals surface area contributed by atoms with Crippen LogP contribution in [0.3, 0.4) is 0 Å². The maximum Gasteiger partial charge on any atom is 0.316 e. The lowest BCUT2D eigenvalue weighted by Gasteiger charge is -2.51. The Morgan fingerprint density at radius 1 is 1.07 bits per heavy atom. The lowest BCUT2D eigenvalue weighted by Crippen LogP contribution is -2.58. The first-order valence-electron chi connectivity index (χ1n) is 21.5. The van der Waals surface area contributed by atoms with Crippen LogP contribution in [0, 0.1) is 29.6 Å².